The zero-order valence-corrected chi connectivity index (χ0v) is 19.6. The number of amides is 1. The summed E-state index contributed by atoms with van der Waals surface area (Å²) in [4.78, 5) is 16.2. The van der Waals surface area contributed by atoms with E-state index in [1.54, 1.807) is 0 Å². The van der Waals surface area contributed by atoms with Gasteiger partial charge in [0.25, 0.3) is 5.91 Å². The van der Waals surface area contributed by atoms with E-state index in [4.69, 9.17) is 4.74 Å². The number of guanidine groups is 1. The Labute approximate surface area is 186 Å². The lowest BCUT2D eigenvalue weighted by atomic mass is 10.1. The lowest BCUT2D eigenvalue weighted by molar-refractivity contribution is -0.123. The second kappa shape index (κ2) is 13.6. The van der Waals surface area contributed by atoms with Gasteiger partial charge in [-0.05, 0) is 56.2 Å². The van der Waals surface area contributed by atoms with Gasteiger partial charge < -0.3 is 20.7 Å². The van der Waals surface area contributed by atoms with Crippen LogP contribution in [0.2, 0.25) is 0 Å². The summed E-state index contributed by atoms with van der Waals surface area (Å²) in [7, 11) is 0. The molecule has 1 aromatic rings. The summed E-state index contributed by atoms with van der Waals surface area (Å²) in [5, 5.41) is 9.57. The van der Waals surface area contributed by atoms with Crippen LogP contribution in [0.5, 0.6) is 5.75 Å². The molecule has 0 radical (unpaired) electrons. The first-order chi connectivity index (χ1) is 13.1. The van der Waals surface area contributed by atoms with E-state index in [-0.39, 0.29) is 36.5 Å². The summed E-state index contributed by atoms with van der Waals surface area (Å²) in [6, 6.07) is 8.29. The van der Waals surface area contributed by atoms with Gasteiger partial charge in [-0.15, -0.1) is 24.0 Å². The van der Waals surface area contributed by atoms with E-state index in [0.717, 1.165) is 57.0 Å². The number of rotatable bonds is 11. The molecule has 0 heterocycles. The normalized spacial score (nSPS) is 13.6. The molecule has 28 heavy (non-hydrogen) atoms. The van der Waals surface area contributed by atoms with Crippen molar-refractivity contribution in [2.45, 2.75) is 52.5 Å². The van der Waals surface area contributed by atoms with Crippen molar-refractivity contribution in [2.24, 2.45) is 10.9 Å². The van der Waals surface area contributed by atoms with Crippen LogP contribution >= 0.6 is 24.0 Å². The van der Waals surface area contributed by atoms with Crippen molar-refractivity contribution in [3.05, 3.63) is 29.8 Å². The molecule has 0 atom stereocenters. The van der Waals surface area contributed by atoms with Crippen LogP contribution in [0, 0.1) is 5.92 Å². The number of carbonyl (C=O) groups is 1. The van der Waals surface area contributed by atoms with Crippen LogP contribution in [0.25, 0.3) is 0 Å². The lowest BCUT2D eigenvalue weighted by Gasteiger charge is -2.12. The first-order valence-electron chi connectivity index (χ1n) is 10.1. The first kappa shape index (κ1) is 24.5. The van der Waals surface area contributed by atoms with E-state index in [1.807, 2.05) is 24.3 Å². The Kier molecular flexibility index (Phi) is 11.9. The number of aliphatic imine (C=N–C) groups is 1. The van der Waals surface area contributed by atoms with Crippen LogP contribution < -0.4 is 20.7 Å². The Balaban J connectivity index is 0.00000392. The van der Waals surface area contributed by atoms with Crippen LogP contribution in [-0.4, -0.2) is 44.1 Å². The summed E-state index contributed by atoms with van der Waals surface area (Å²) in [6.07, 6.45) is 4.17. The highest BCUT2D eigenvalue weighted by Gasteiger charge is 2.23. The summed E-state index contributed by atoms with van der Waals surface area (Å²) >= 11 is 0. The number of ether oxygens (including phenoxy) is 1. The van der Waals surface area contributed by atoms with E-state index < -0.39 is 0 Å². The highest BCUT2D eigenvalue weighted by atomic mass is 127. The molecule has 0 aromatic heterocycles. The van der Waals surface area contributed by atoms with Crippen LogP contribution in [0.1, 0.15) is 45.6 Å². The molecule has 1 aliphatic carbocycles. The monoisotopic (exact) mass is 502 g/mol. The molecule has 0 unspecified atom stereocenters. The molecule has 158 valence electrons. The van der Waals surface area contributed by atoms with Crippen molar-refractivity contribution >= 4 is 35.8 Å². The maximum Gasteiger partial charge on any atom is 0.258 e. The SMILES string of the molecule is CCNC(=NCCC(C)C)NCCc1ccc(OCC(=O)NC2CC2)cc1.I. The molecule has 1 aliphatic rings. The van der Waals surface area contributed by atoms with Gasteiger partial charge in [0.05, 0.1) is 0 Å². The number of hydrogen-bond donors (Lipinski definition) is 3. The standard InChI is InChI=1S/C21H34N4O2.HI/c1-4-22-21(23-13-11-16(2)3)24-14-12-17-5-9-19(10-6-17)27-15-20(26)25-18-7-8-18;/h5-6,9-10,16,18H,4,7-8,11-15H2,1-3H3,(H,25,26)(H2,22,23,24);1H. The van der Waals surface area contributed by atoms with E-state index in [9.17, 15) is 4.79 Å². The fourth-order valence-corrected chi connectivity index (χ4v) is 2.50. The maximum absolute atomic E-state index is 11.6. The van der Waals surface area contributed by atoms with Crippen molar-refractivity contribution < 1.29 is 9.53 Å². The number of nitrogens with one attached hydrogen (secondary N) is 3. The third-order valence-corrected chi connectivity index (χ3v) is 4.26. The molecule has 0 saturated heterocycles. The second-order valence-electron chi connectivity index (χ2n) is 7.39. The van der Waals surface area contributed by atoms with Crippen LogP contribution in [0.15, 0.2) is 29.3 Å². The van der Waals surface area contributed by atoms with Crippen LogP contribution in [0.4, 0.5) is 0 Å². The Bertz CT molecular complexity index is 601. The topological polar surface area (TPSA) is 74.8 Å². The molecule has 0 aliphatic heterocycles. The number of nitrogens with zero attached hydrogens (tertiary/aromatic N) is 1. The lowest BCUT2D eigenvalue weighted by Crippen LogP contribution is -2.38. The average Bonchev–Trinajstić information content (AvgIpc) is 3.44. The van der Waals surface area contributed by atoms with E-state index in [1.165, 1.54) is 5.56 Å². The second-order valence-corrected chi connectivity index (χ2v) is 7.39. The Hall–Kier alpha value is -1.51. The Morgan fingerprint density at radius 1 is 1.21 bits per heavy atom. The highest BCUT2D eigenvalue weighted by Crippen LogP contribution is 2.18. The van der Waals surface area contributed by atoms with Gasteiger partial charge in [0.2, 0.25) is 0 Å². The summed E-state index contributed by atoms with van der Waals surface area (Å²) < 4.78 is 5.53. The van der Waals surface area contributed by atoms with Gasteiger partial charge in [-0.2, -0.15) is 0 Å². The minimum Gasteiger partial charge on any atom is -0.484 e. The fraction of sp³-hybridized carbons (Fsp3) is 0.619. The predicted molar refractivity (Wildman–Crippen MR) is 126 cm³/mol. The third kappa shape index (κ3) is 10.7. The van der Waals surface area contributed by atoms with Crippen LogP contribution in [-0.2, 0) is 11.2 Å². The average molecular weight is 502 g/mol. The van der Waals surface area contributed by atoms with Crippen molar-refractivity contribution in [2.75, 3.05) is 26.2 Å². The van der Waals surface area contributed by atoms with E-state index in [0.29, 0.717) is 12.0 Å². The molecule has 1 amide bonds. The minimum absolute atomic E-state index is 0. The first-order valence-corrected chi connectivity index (χ1v) is 10.1. The smallest absolute Gasteiger partial charge is 0.258 e. The number of halogens is 1. The molecule has 1 fully saturated rings. The van der Waals surface area contributed by atoms with Gasteiger partial charge in [-0.25, -0.2) is 0 Å². The van der Waals surface area contributed by atoms with Gasteiger partial charge in [-0.3, -0.25) is 9.79 Å². The predicted octanol–water partition coefficient (Wildman–Crippen LogP) is 3.11. The number of carbonyl (C=O) groups excluding carboxylic acids is 1. The Morgan fingerprint density at radius 2 is 1.93 bits per heavy atom. The largest absolute Gasteiger partial charge is 0.484 e. The molecule has 0 spiro atoms. The van der Waals surface area contributed by atoms with Gasteiger partial charge in [0, 0.05) is 25.7 Å². The van der Waals surface area contributed by atoms with E-state index in [2.05, 4.69) is 41.7 Å². The summed E-state index contributed by atoms with van der Waals surface area (Å²) in [6.45, 7) is 9.09. The molecule has 3 N–H and O–H groups in total. The van der Waals surface area contributed by atoms with Gasteiger partial charge in [-0.1, -0.05) is 26.0 Å². The van der Waals surface area contributed by atoms with Crippen molar-refractivity contribution in [3.8, 4) is 5.75 Å². The molecule has 0 bridgehead atoms. The molecule has 1 aromatic carbocycles. The summed E-state index contributed by atoms with van der Waals surface area (Å²) in [5.74, 6) is 2.22. The molecule has 2 rings (SSSR count). The van der Waals surface area contributed by atoms with Gasteiger partial charge in [0.1, 0.15) is 5.75 Å². The van der Waals surface area contributed by atoms with Crippen molar-refractivity contribution in [1.29, 1.82) is 0 Å². The zero-order valence-electron chi connectivity index (χ0n) is 17.3. The van der Waals surface area contributed by atoms with Crippen molar-refractivity contribution in [1.82, 2.24) is 16.0 Å². The molecule has 1 saturated carbocycles. The summed E-state index contributed by atoms with van der Waals surface area (Å²) in [5.41, 5.74) is 1.22. The molecule has 7 heteroatoms. The minimum atomic E-state index is -0.0431. The van der Waals surface area contributed by atoms with Gasteiger partial charge in [0.15, 0.2) is 12.6 Å². The fourth-order valence-electron chi connectivity index (χ4n) is 2.50. The zero-order chi connectivity index (χ0) is 19.5. The van der Waals surface area contributed by atoms with E-state index >= 15 is 0 Å². The quantitative estimate of drug-likeness (QED) is 0.247. The molecular weight excluding hydrogens is 467 g/mol. The molecular formula is C21H35IN4O2. The van der Waals surface area contributed by atoms with Gasteiger partial charge >= 0.3 is 0 Å². The third-order valence-electron chi connectivity index (χ3n) is 4.26. The molecule has 6 nitrogen and oxygen atoms in total. The highest BCUT2D eigenvalue weighted by molar-refractivity contribution is 14.0. The number of hydrogen-bond acceptors (Lipinski definition) is 3. The Morgan fingerprint density at radius 3 is 2.54 bits per heavy atom. The maximum atomic E-state index is 11.6. The van der Waals surface area contributed by atoms with Crippen LogP contribution in [0.3, 0.4) is 0 Å². The number of benzene rings is 1. The van der Waals surface area contributed by atoms with Crippen molar-refractivity contribution in [3.63, 3.8) is 0 Å².